The van der Waals surface area contributed by atoms with Gasteiger partial charge in [-0.15, -0.1) is 0 Å². The number of hydrogen-bond acceptors (Lipinski definition) is 4. The van der Waals surface area contributed by atoms with Crippen LogP contribution in [0.15, 0.2) is 24.3 Å². The molecule has 18 heavy (non-hydrogen) atoms. The van der Waals surface area contributed by atoms with E-state index in [-0.39, 0.29) is 6.04 Å². The third-order valence-electron chi connectivity index (χ3n) is 2.44. The van der Waals surface area contributed by atoms with Gasteiger partial charge in [0.2, 0.25) is 10.0 Å². The summed E-state index contributed by atoms with van der Waals surface area (Å²) >= 11 is 0. The van der Waals surface area contributed by atoms with Gasteiger partial charge in [-0.05, 0) is 18.6 Å². The highest BCUT2D eigenvalue weighted by Crippen LogP contribution is 2.23. The van der Waals surface area contributed by atoms with Crippen LogP contribution in [0.2, 0.25) is 0 Å². The first-order chi connectivity index (χ1) is 8.46. The Morgan fingerprint density at radius 2 is 1.89 bits per heavy atom. The zero-order valence-electron chi connectivity index (χ0n) is 10.9. The minimum absolute atomic E-state index is 0.150. The van der Waals surface area contributed by atoms with Crippen molar-refractivity contribution in [1.82, 2.24) is 0 Å². The van der Waals surface area contributed by atoms with Gasteiger partial charge in [-0.25, -0.2) is 8.42 Å². The van der Waals surface area contributed by atoms with Crippen molar-refractivity contribution in [1.29, 1.82) is 0 Å². The van der Waals surface area contributed by atoms with E-state index in [2.05, 4.69) is 10.0 Å². The van der Waals surface area contributed by atoms with Crippen LogP contribution in [-0.2, 0) is 14.8 Å². The van der Waals surface area contributed by atoms with Gasteiger partial charge in [0.15, 0.2) is 0 Å². The highest BCUT2D eigenvalue weighted by atomic mass is 32.2. The first-order valence-electron chi connectivity index (χ1n) is 5.78. The molecule has 0 fully saturated rings. The van der Waals surface area contributed by atoms with Gasteiger partial charge in [0, 0.05) is 13.2 Å². The summed E-state index contributed by atoms with van der Waals surface area (Å²) < 4.78 is 30.1. The molecule has 1 atom stereocenters. The van der Waals surface area contributed by atoms with Gasteiger partial charge in [0.1, 0.15) is 0 Å². The third kappa shape index (κ3) is 4.93. The van der Waals surface area contributed by atoms with Crippen LogP contribution in [0.3, 0.4) is 0 Å². The number of rotatable bonds is 7. The number of methoxy groups -OCH3 is 1. The van der Waals surface area contributed by atoms with E-state index in [0.29, 0.717) is 12.3 Å². The minimum Gasteiger partial charge on any atom is -0.383 e. The van der Waals surface area contributed by atoms with Crippen molar-refractivity contribution >= 4 is 21.4 Å². The lowest BCUT2D eigenvalue weighted by Crippen LogP contribution is -2.24. The Balaban J connectivity index is 2.88. The van der Waals surface area contributed by atoms with Crippen molar-refractivity contribution < 1.29 is 13.2 Å². The molecule has 0 aromatic heterocycles. The van der Waals surface area contributed by atoms with E-state index < -0.39 is 10.0 Å². The fraction of sp³-hybridized carbons (Fsp3) is 0.500. The predicted molar refractivity (Wildman–Crippen MR) is 74.5 cm³/mol. The van der Waals surface area contributed by atoms with Crippen LogP contribution >= 0.6 is 0 Å². The van der Waals surface area contributed by atoms with E-state index in [0.717, 1.165) is 18.4 Å². The molecule has 0 aliphatic rings. The number of sulfonamides is 1. The topological polar surface area (TPSA) is 67.4 Å². The molecule has 0 spiro atoms. The summed E-state index contributed by atoms with van der Waals surface area (Å²) in [5, 5.41) is 3.27. The molecule has 0 radical (unpaired) electrons. The zero-order chi connectivity index (χ0) is 13.6. The Morgan fingerprint density at radius 3 is 2.39 bits per heavy atom. The molecular formula is C12H20N2O3S. The second kappa shape index (κ2) is 6.61. The van der Waals surface area contributed by atoms with E-state index in [1.54, 1.807) is 19.2 Å². The molecule has 0 heterocycles. The summed E-state index contributed by atoms with van der Waals surface area (Å²) in [6.07, 6.45) is 2.03. The number of anilines is 2. The first kappa shape index (κ1) is 14.8. The van der Waals surface area contributed by atoms with Crippen LogP contribution in [0.25, 0.3) is 0 Å². The standard InChI is InChI=1S/C12H20N2O3S/c1-4-10(9-17-2)13-11-7-5-6-8-12(11)14-18(3,15)16/h5-8,10,13-14H,4,9H2,1-3H3. The van der Waals surface area contributed by atoms with Crippen molar-refractivity contribution in [2.75, 3.05) is 30.0 Å². The second-order valence-corrected chi connectivity index (χ2v) is 5.87. The van der Waals surface area contributed by atoms with Crippen LogP contribution < -0.4 is 10.0 Å². The van der Waals surface area contributed by atoms with E-state index >= 15 is 0 Å². The Kier molecular flexibility index (Phi) is 5.43. The van der Waals surface area contributed by atoms with Crippen molar-refractivity contribution in [2.45, 2.75) is 19.4 Å². The zero-order valence-corrected chi connectivity index (χ0v) is 11.8. The average molecular weight is 272 g/mol. The Morgan fingerprint density at radius 1 is 1.28 bits per heavy atom. The normalized spacial score (nSPS) is 13.1. The lowest BCUT2D eigenvalue weighted by atomic mass is 10.2. The fourth-order valence-corrected chi connectivity index (χ4v) is 2.16. The second-order valence-electron chi connectivity index (χ2n) is 4.12. The van der Waals surface area contributed by atoms with Gasteiger partial charge < -0.3 is 10.1 Å². The van der Waals surface area contributed by atoms with Gasteiger partial charge >= 0.3 is 0 Å². The Bertz CT molecular complexity index is 474. The van der Waals surface area contributed by atoms with Crippen LogP contribution in [0.1, 0.15) is 13.3 Å². The molecule has 2 N–H and O–H groups in total. The molecule has 102 valence electrons. The highest BCUT2D eigenvalue weighted by molar-refractivity contribution is 7.92. The lowest BCUT2D eigenvalue weighted by Gasteiger charge is -2.19. The molecule has 1 rings (SSSR count). The van der Waals surface area contributed by atoms with Crippen LogP contribution in [0, 0.1) is 0 Å². The molecule has 0 aliphatic heterocycles. The highest BCUT2D eigenvalue weighted by Gasteiger charge is 2.10. The van der Waals surface area contributed by atoms with Crippen LogP contribution in [0.4, 0.5) is 11.4 Å². The fourth-order valence-electron chi connectivity index (χ4n) is 1.58. The predicted octanol–water partition coefficient (Wildman–Crippen LogP) is 1.89. The van der Waals surface area contributed by atoms with Gasteiger partial charge in [-0.3, -0.25) is 4.72 Å². The van der Waals surface area contributed by atoms with Crippen molar-refractivity contribution in [2.24, 2.45) is 0 Å². The number of nitrogens with one attached hydrogen (secondary N) is 2. The molecular weight excluding hydrogens is 252 g/mol. The Labute approximate surface area is 109 Å². The first-order valence-corrected chi connectivity index (χ1v) is 7.67. The lowest BCUT2D eigenvalue weighted by molar-refractivity contribution is 0.184. The SMILES string of the molecule is CCC(COC)Nc1ccccc1NS(C)(=O)=O. The molecule has 6 heteroatoms. The maximum atomic E-state index is 11.3. The average Bonchev–Trinajstić information content (AvgIpc) is 2.29. The molecule has 1 unspecified atom stereocenters. The van der Waals surface area contributed by atoms with Gasteiger partial charge in [-0.1, -0.05) is 19.1 Å². The third-order valence-corrected chi connectivity index (χ3v) is 3.03. The molecule has 1 aromatic carbocycles. The summed E-state index contributed by atoms with van der Waals surface area (Å²) in [5.41, 5.74) is 1.31. The molecule has 5 nitrogen and oxygen atoms in total. The summed E-state index contributed by atoms with van der Waals surface area (Å²) in [4.78, 5) is 0. The minimum atomic E-state index is -3.28. The summed E-state index contributed by atoms with van der Waals surface area (Å²) in [6, 6.07) is 7.36. The summed E-state index contributed by atoms with van der Waals surface area (Å²) in [5.74, 6) is 0. The quantitative estimate of drug-likeness (QED) is 0.795. The van der Waals surface area contributed by atoms with Gasteiger partial charge in [0.05, 0.1) is 24.2 Å². The van der Waals surface area contributed by atoms with E-state index in [4.69, 9.17) is 4.74 Å². The molecule has 0 amide bonds. The van der Waals surface area contributed by atoms with Gasteiger partial charge in [0.25, 0.3) is 0 Å². The van der Waals surface area contributed by atoms with Crippen molar-refractivity contribution in [3.05, 3.63) is 24.3 Å². The van der Waals surface area contributed by atoms with Crippen LogP contribution in [0.5, 0.6) is 0 Å². The van der Waals surface area contributed by atoms with Crippen molar-refractivity contribution in [3.63, 3.8) is 0 Å². The molecule has 0 saturated carbocycles. The molecule has 1 aromatic rings. The maximum absolute atomic E-state index is 11.3. The monoisotopic (exact) mass is 272 g/mol. The van der Waals surface area contributed by atoms with E-state index in [9.17, 15) is 8.42 Å². The smallest absolute Gasteiger partial charge is 0.229 e. The number of para-hydroxylation sites is 2. The number of benzene rings is 1. The number of hydrogen-bond donors (Lipinski definition) is 2. The maximum Gasteiger partial charge on any atom is 0.229 e. The summed E-state index contributed by atoms with van der Waals surface area (Å²) in [6.45, 7) is 2.62. The van der Waals surface area contributed by atoms with Crippen molar-refractivity contribution in [3.8, 4) is 0 Å². The van der Waals surface area contributed by atoms with E-state index in [1.165, 1.54) is 0 Å². The van der Waals surface area contributed by atoms with Gasteiger partial charge in [-0.2, -0.15) is 0 Å². The molecule has 0 aliphatic carbocycles. The summed E-state index contributed by atoms with van der Waals surface area (Å²) in [7, 11) is -1.63. The van der Waals surface area contributed by atoms with Crippen LogP contribution in [-0.4, -0.2) is 34.4 Å². The molecule has 0 saturated heterocycles. The molecule has 0 bridgehead atoms. The van der Waals surface area contributed by atoms with E-state index in [1.807, 2.05) is 19.1 Å². The largest absolute Gasteiger partial charge is 0.383 e. The number of ether oxygens (including phenoxy) is 1. The Hall–Kier alpha value is -1.27.